The van der Waals surface area contributed by atoms with Crippen LogP contribution in [0.3, 0.4) is 0 Å². The van der Waals surface area contributed by atoms with Crippen LogP contribution < -0.4 is 15.2 Å². The van der Waals surface area contributed by atoms with E-state index in [9.17, 15) is 9.59 Å². The van der Waals surface area contributed by atoms with Gasteiger partial charge in [0.2, 0.25) is 0 Å². The number of aromatic nitrogens is 2. The predicted octanol–water partition coefficient (Wildman–Crippen LogP) is 5.31. The number of rotatable bonds is 7. The number of ether oxygens (including phenoxy) is 3. The van der Waals surface area contributed by atoms with Crippen molar-refractivity contribution in [3.8, 4) is 23.0 Å². The summed E-state index contributed by atoms with van der Waals surface area (Å²) in [6.45, 7) is 11.6. The number of imide groups is 1. The van der Waals surface area contributed by atoms with Crippen LogP contribution in [0.4, 0.5) is 9.59 Å². The minimum Gasteiger partial charge on any atom is -0.490 e. The van der Waals surface area contributed by atoms with Gasteiger partial charge in [0.25, 0.3) is 0 Å². The van der Waals surface area contributed by atoms with Crippen LogP contribution in [-0.2, 0) is 4.74 Å². The molecule has 0 unspecified atom stereocenters. The molecule has 0 saturated heterocycles. The molecule has 2 N–H and O–H groups in total. The largest absolute Gasteiger partial charge is 0.490 e. The van der Waals surface area contributed by atoms with Gasteiger partial charge in [0.05, 0.1) is 10.7 Å². The lowest BCUT2D eigenvalue weighted by atomic mass is 9.93. The number of carbonyl (C=O) groups is 2. The molecule has 0 bridgehead atoms. The Bertz CT molecular complexity index is 1020. The van der Waals surface area contributed by atoms with E-state index in [0.29, 0.717) is 39.5 Å². The normalized spacial score (nSPS) is 13.2. The summed E-state index contributed by atoms with van der Waals surface area (Å²) in [6.07, 6.45) is 0.425. The second kappa shape index (κ2) is 11.0. The van der Waals surface area contributed by atoms with Gasteiger partial charge in [-0.25, -0.2) is 19.5 Å². The van der Waals surface area contributed by atoms with Gasteiger partial charge in [-0.05, 0) is 64.3 Å². The van der Waals surface area contributed by atoms with E-state index in [1.807, 2.05) is 6.92 Å². The average Bonchev–Trinajstić information content (AvgIpc) is 2.70. The summed E-state index contributed by atoms with van der Waals surface area (Å²) in [5.74, 6) is 0.951. The van der Waals surface area contributed by atoms with Crippen molar-refractivity contribution in [1.82, 2.24) is 14.9 Å². The number of carbonyl (C=O) groups excluding carboxylic acids is 2. The Balaban J connectivity index is 2.09. The summed E-state index contributed by atoms with van der Waals surface area (Å²) < 4.78 is 16.1. The van der Waals surface area contributed by atoms with Crippen molar-refractivity contribution in [1.29, 1.82) is 0 Å². The molecule has 34 heavy (non-hydrogen) atoms. The minimum atomic E-state index is -0.973. The highest BCUT2D eigenvalue weighted by Crippen LogP contribution is 2.31. The monoisotopic (exact) mass is 492 g/mol. The van der Waals surface area contributed by atoms with Crippen molar-refractivity contribution in [2.24, 2.45) is 11.7 Å². The molecule has 1 aromatic carbocycles. The number of nitrogens with two attached hydrogens (primary N) is 1. The fourth-order valence-electron chi connectivity index (χ4n) is 3.11. The molecule has 1 aromatic heterocycles. The van der Waals surface area contributed by atoms with Crippen LogP contribution in [0.2, 0.25) is 5.02 Å². The topological polar surface area (TPSA) is 117 Å². The first kappa shape index (κ1) is 27.3. The first-order valence-electron chi connectivity index (χ1n) is 10.9. The number of nitrogens with zero attached hydrogens (tertiary/aromatic N) is 3. The third-order valence-corrected chi connectivity index (χ3v) is 4.71. The molecule has 0 spiro atoms. The number of halogens is 1. The molecule has 2 aromatic rings. The Morgan fingerprint density at radius 2 is 1.82 bits per heavy atom. The van der Waals surface area contributed by atoms with E-state index in [0.717, 1.165) is 6.42 Å². The number of amides is 2. The Kier molecular flexibility index (Phi) is 8.85. The van der Waals surface area contributed by atoms with Crippen LogP contribution in [0.1, 0.15) is 48.0 Å². The van der Waals surface area contributed by atoms with E-state index in [1.54, 1.807) is 45.0 Å². The smallest absolute Gasteiger partial charge is 0.426 e. The van der Waals surface area contributed by atoms with E-state index in [1.165, 1.54) is 13.2 Å². The van der Waals surface area contributed by atoms with E-state index in [-0.39, 0.29) is 6.01 Å². The third kappa shape index (κ3) is 8.46. The molecule has 186 valence electrons. The van der Waals surface area contributed by atoms with Gasteiger partial charge >= 0.3 is 18.2 Å². The van der Waals surface area contributed by atoms with Crippen LogP contribution in [-0.4, -0.2) is 51.8 Å². The minimum absolute atomic E-state index is 0.220. The van der Waals surface area contributed by atoms with Crippen molar-refractivity contribution < 1.29 is 23.8 Å². The zero-order valence-corrected chi connectivity index (χ0v) is 21.5. The molecule has 0 aliphatic rings. The summed E-state index contributed by atoms with van der Waals surface area (Å²) in [5, 5.41) is 0.389. The number of hydrogen-bond acceptors (Lipinski definition) is 8. The van der Waals surface area contributed by atoms with Gasteiger partial charge in [0.1, 0.15) is 18.0 Å². The molecule has 2 amide bonds. The van der Waals surface area contributed by atoms with Gasteiger partial charge in [-0.3, -0.25) is 0 Å². The Morgan fingerprint density at radius 1 is 1.15 bits per heavy atom. The van der Waals surface area contributed by atoms with E-state index in [4.69, 9.17) is 31.5 Å². The molecule has 2 rings (SSSR count). The molecule has 0 radical (unpaired) electrons. The van der Waals surface area contributed by atoms with Crippen LogP contribution in [0.25, 0.3) is 11.3 Å². The van der Waals surface area contributed by atoms with Crippen LogP contribution >= 0.6 is 11.6 Å². The first-order valence-corrected chi connectivity index (χ1v) is 11.3. The highest BCUT2D eigenvalue weighted by atomic mass is 35.5. The fraction of sp³-hybridized carbons (Fsp3) is 0.500. The molecule has 1 heterocycles. The van der Waals surface area contributed by atoms with Gasteiger partial charge in [-0.15, -0.1) is 0 Å². The van der Waals surface area contributed by atoms with Crippen molar-refractivity contribution >= 4 is 23.8 Å². The summed E-state index contributed by atoms with van der Waals surface area (Å²) in [5.41, 5.74) is 6.20. The fourth-order valence-corrected chi connectivity index (χ4v) is 3.35. The van der Waals surface area contributed by atoms with Crippen LogP contribution in [0.5, 0.6) is 11.8 Å². The maximum absolute atomic E-state index is 12.3. The lowest BCUT2D eigenvalue weighted by molar-refractivity contribution is 0.0319. The van der Waals surface area contributed by atoms with Gasteiger partial charge in [-0.1, -0.05) is 25.4 Å². The molecule has 0 fully saturated rings. The highest BCUT2D eigenvalue weighted by Gasteiger charge is 2.26. The lowest BCUT2D eigenvalue weighted by Crippen LogP contribution is -2.43. The molecular formula is C24H33ClN4O5. The molecule has 9 nitrogen and oxygen atoms in total. The summed E-state index contributed by atoms with van der Waals surface area (Å²) in [7, 11) is 1.24. The molecule has 10 heteroatoms. The standard InChI is InChI=1S/C24H33ClN4O5/c1-15(2)13-24(6,26)14-32-19-9-8-16(12-17(19)25)18-10-11-27-20(28-18)33-21(30)29(7)22(31)34-23(3,4)5/h8-12,15H,13-14,26H2,1-7H3/t24-/m0/s1. The van der Waals surface area contributed by atoms with Crippen LogP contribution in [0, 0.1) is 5.92 Å². The first-order chi connectivity index (χ1) is 15.7. The van der Waals surface area contributed by atoms with Crippen molar-refractivity contribution in [3.63, 3.8) is 0 Å². The molecule has 0 aliphatic heterocycles. The van der Waals surface area contributed by atoms with Crippen LogP contribution in [0.15, 0.2) is 30.5 Å². The van der Waals surface area contributed by atoms with Gasteiger partial charge < -0.3 is 19.9 Å². The molecule has 1 atom stereocenters. The van der Waals surface area contributed by atoms with E-state index < -0.39 is 23.3 Å². The zero-order valence-electron chi connectivity index (χ0n) is 20.7. The maximum atomic E-state index is 12.3. The van der Waals surface area contributed by atoms with E-state index >= 15 is 0 Å². The van der Waals surface area contributed by atoms with Crippen molar-refractivity contribution in [2.45, 2.75) is 59.1 Å². The van der Waals surface area contributed by atoms with E-state index in [2.05, 4.69) is 23.8 Å². The Hall–Kier alpha value is -2.91. The Morgan fingerprint density at radius 3 is 2.41 bits per heavy atom. The number of hydrogen-bond donors (Lipinski definition) is 1. The van der Waals surface area contributed by atoms with Gasteiger partial charge in [0.15, 0.2) is 0 Å². The summed E-state index contributed by atoms with van der Waals surface area (Å²) in [6, 6.07) is 6.61. The molecule has 0 aliphatic carbocycles. The SMILES string of the molecule is CC(C)C[C@](C)(N)COc1ccc(-c2ccnc(OC(=O)N(C)C(=O)OC(C)(C)C)n2)cc1Cl. The predicted molar refractivity (Wildman–Crippen MR) is 130 cm³/mol. The second-order valence-electron chi connectivity index (χ2n) is 9.82. The zero-order chi connectivity index (χ0) is 25.7. The lowest BCUT2D eigenvalue weighted by Gasteiger charge is -2.26. The Labute approximate surface area is 205 Å². The van der Waals surface area contributed by atoms with Gasteiger partial charge in [0, 0.05) is 24.3 Å². The molecule has 0 saturated carbocycles. The second-order valence-corrected chi connectivity index (χ2v) is 10.2. The van der Waals surface area contributed by atoms with Crippen molar-refractivity contribution in [2.75, 3.05) is 13.7 Å². The van der Waals surface area contributed by atoms with Crippen molar-refractivity contribution in [3.05, 3.63) is 35.5 Å². The average molecular weight is 493 g/mol. The molecular weight excluding hydrogens is 460 g/mol. The maximum Gasteiger partial charge on any atom is 0.426 e. The third-order valence-electron chi connectivity index (χ3n) is 4.41. The summed E-state index contributed by atoms with van der Waals surface area (Å²) >= 11 is 6.41. The highest BCUT2D eigenvalue weighted by molar-refractivity contribution is 6.32. The number of benzene rings is 1. The van der Waals surface area contributed by atoms with Gasteiger partial charge in [-0.2, -0.15) is 4.98 Å². The summed E-state index contributed by atoms with van der Waals surface area (Å²) in [4.78, 5) is 33.2. The quantitative estimate of drug-likeness (QED) is 0.552.